The van der Waals surface area contributed by atoms with Crippen molar-refractivity contribution in [1.82, 2.24) is 0 Å². The molecular weight excluding hydrogens is 496 g/mol. The van der Waals surface area contributed by atoms with E-state index in [1.165, 1.54) is 0 Å². The lowest BCUT2D eigenvalue weighted by Gasteiger charge is -2.34. The van der Waals surface area contributed by atoms with Crippen LogP contribution in [0.25, 0.3) is 44.2 Å². The van der Waals surface area contributed by atoms with E-state index in [0.29, 0.717) is 27.3 Å². The van der Waals surface area contributed by atoms with Gasteiger partial charge < -0.3 is 4.42 Å². The van der Waals surface area contributed by atoms with Crippen LogP contribution in [0.1, 0.15) is 34.6 Å². The predicted molar refractivity (Wildman–Crippen MR) is 161 cm³/mol. The van der Waals surface area contributed by atoms with Crippen LogP contribution in [-0.4, -0.2) is 0 Å². The number of furan rings is 1. The highest BCUT2D eigenvalue weighted by molar-refractivity contribution is 6.30. The first-order valence-corrected chi connectivity index (χ1v) is 12.9. The summed E-state index contributed by atoms with van der Waals surface area (Å²) in [5, 5.41) is 2.23. The highest BCUT2D eigenvalue weighted by Crippen LogP contribution is 2.56. The van der Waals surface area contributed by atoms with Crippen molar-refractivity contribution in [1.29, 1.82) is 0 Å². The van der Waals surface area contributed by atoms with Gasteiger partial charge in [-0.1, -0.05) is 133 Å². The molecule has 1 nitrogen and oxygen atoms in total. The van der Waals surface area contributed by atoms with Crippen LogP contribution < -0.4 is 0 Å². The van der Waals surface area contributed by atoms with Crippen LogP contribution in [0.3, 0.4) is 0 Å². The molecule has 0 N–H and O–H groups in total. The molecule has 0 spiro atoms. The topological polar surface area (TPSA) is 13.1 Å². The Bertz CT molecular complexity index is 2490. The standard InChI is InChI=1S/C37H23ClO/c38-27-21-22-30-29-11-4-6-15-33(29)37(34(30)23-27,25-9-2-1-3-10-25)26-19-17-24(18-20-26)28-13-8-14-32-31-12-5-7-16-35(31)39-36(28)32/h1-23H/i1D,2D,3D,4D,6D,9D,10D,11D,15D. The van der Waals surface area contributed by atoms with E-state index in [9.17, 15) is 1.37 Å². The molecule has 1 unspecified atom stereocenters. The number of halogens is 1. The maximum atomic E-state index is 9.22. The number of fused-ring (bicyclic) bond motifs is 6. The third kappa shape index (κ3) is 3.14. The van der Waals surface area contributed by atoms with Gasteiger partial charge in [-0.25, -0.2) is 0 Å². The second kappa shape index (κ2) is 8.46. The number of para-hydroxylation sites is 2. The molecule has 1 aliphatic carbocycles. The molecule has 8 rings (SSSR count). The summed E-state index contributed by atoms with van der Waals surface area (Å²) in [6.07, 6.45) is 0. The summed E-state index contributed by atoms with van der Waals surface area (Å²) in [4.78, 5) is 0. The first kappa shape index (κ1) is 15.1. The average molecular weight is 528 g/mol. The Labute approximate surface area is 244 Å². The molecule has 1 aliphatic rings. The molecule has 0 bridgehead atoms. The van der Waals surface area contributed by atoms with Gasteiger partial charge in [-0.3, -0.25) is 0 Å². The lowest BCUT2D eigenvalue weighted by Crippen LogP contribution is -2.28. The normalized spacial score (nSPS) is 19.2. The number of benzene rings is 6. The second-order valence-corrected chi connectivity index (χ2v) is 9.98. The molecule has 1 aromatic heterocycles. The van der Waals surface area contributed by atoms with Gasteiger partial charge in [0.25, 0.3) is 0 Å². The van der Waals surface area contributed by atoms with Crippen molar-refractivity contribution < 1.29 is 16.8 Å². The monoisotopic (exact) mass is 527 g/mol. The van der Waals surface area contributed by atoms with Gasteiger partial charge in [0.05, 0.1) is 17.8 Å². The van der Waals surface area contributed by atoms with Crippen LogP contribution in [0, 0.1) is 0 Å². The summed E-state index contributed by atoms with van der Waals surface area (Å²) in [6.45, 7) is 0. The second-order valence-electron chi connectivity index (χ2n) is 9.55. The molecular formula is C37H23ClO. The van der Waals surface area contributed by atoms with E-state index >= 15 is 0 Å². The lowest BCUT2D eigenvalue weighted by atomic mass is 9.67. The summed E-state index contributed by atoms with van der Waals surface area (Å²) in [7, 11) is 0. The van der Waals surface area contributed by atoms with E-state index in [0.717, 1.165) is 27.5 Å². The smallest absolute Gasteiger partial charge is 0.143 e. The molecule has 2 heteroatoms. The number of hydrogen-bond acceptors (Lipinski definition) is 1. The average Bonchev–Trinajstić information content (AvgIpc) is 3.62. The molecule has 6 aromatic carbocycles. The van der Waals surface area contributed by atoms with Gasteiger partial charge in [0.1, 0.15) is 11.2 Å². The van der Waals surface area contributed by atoms with Crippen LogP contribution in [0.2, 0.25) is 5.02 Å². The summed E-state index contributed by atoms with van der Waals surface area (Å²) in [6, 6.07) is 21.5. The van der Waals surface area contributed by atoms with E-state index in [1.54, 1.807) is 30.3 Å². The molecule has 0 aliphatic heterocycles. The van der Waals surface area contributed by atoms with E-state index in [4.69, 9.17) is 27.0 Å². The zero-order valence-electron chi connectivity index (χ0n) is 29.4. The lowest BCUT2D eigenvalue weighted by molar-refractivity contribution is 0.670. The quantitative estimate of drug-likeness (QED) is 0.223. The Morgan fingerprint density at radius 1 is 0.590 bits per heavy atom. The van der Waals surface area contributed by atoms with E-state index in [-0.39, 0.29) is 28.8 Å². The van der Waals surface area contributed by atoms with Gasteiger partial charge in [0, 0.05) is 21.4 Å². The van der Waals surface area contributed by atoms with Gasteiger partial charge in [-0.05, 0) is 57.1 Å². The fraction of sp³-hybridized carbons (Fsp3) is 0.0270. The fourth-order valence-electron chi connectivity index (χ4n) is 5.99. The minimum atomic E-state index is -1.76. The molecule has 1 heterocycles. The zero-order valence-corrected chi connectivity index (χ0v) is 21.1. The molecule has 39 heavy (non-hydrogen) atoms. The highest BCUT2D eigenvalue weighted by Gasteiger charge is 2.46. The SMILES string of the molecule is [2H]c1c([2H])c([2H])c(C2(c3ccc(-c4cccc5c4oc4ccccc45)cc3)c3cc(Cl)ccc3-c3c([2H])c([2H])c([2H])c([2H])c32)c([2H])c1[2H]. The van der Waals surface area contributed by atoms with Gasteiger partial charge in [-0.15, -0.1) is 0 Å². The van der Waals surface area contributed by atoms with Crippen molar-refractivity contribution in [3.05, 3.63) is 167 Å². The summed E-state index contributed by atoms with van der Waals surface area (Å²) in [5.74, 6) is 0. The maximum Gasteiger partial charge on any atom is 0.143 e. The maximum absolute atomic E-state index is 9.22. The zero-order chi connectivity index (χ0) is 33.8. The highest BCUT2D eigenvalue weighted by atomic mass is 35.5. The minimum Gasteiger partial charge on any atom is -0.455 e. The molecule has 0 amide bonds. The Morgan fingerprint density at radius 2 is 1.36 bits per heavy atom. The Kier molecular flexibility index (Phi) is 3.28. The van der Waals surface area contributed by atoms with Crippen molar-refractivity contribution in [2.24, 2.45) is 0 Å². The van der Waals surface area contributed by atoms with Crippen LogP contribution >= 0.6 is 11.6 Å². The van der Waals surface area contributed by atoms with Crippen molar-refractivity contribution >= 4 is 33.5 Å². The van der Waals surface area contributed by atoms with Crippen molar-refractivity contribution in [2.45, 2.75) is 5.41 Å². The number of rotatable bonds is 3. The van der Waals surface area contributed by atoms with E-state index < -0.39 is 47.7 Å². The molecule has 0 saturated carbocycles. The van der Waals surface area contributed by atoms with E-state index in [1.807, 2.05) is 54.6 Å². The van der Waals surface area contributed by atoms with Gasteiger partial charge in [-0.2, -0.15) is 0 Å². The van der Waals surface area contributed by atoms with Gasteiger partial charge in [0.2, 0.25) is 0 Å². The summed E-state index contributed by atoms with van der Waals surface area (Å²) < 4.78 is 85.4. The molecule has 7 aromatic rings. The first-order valence-electron chi connectivity index (χ1n) is 17.0. The van der Waals surface area contributed by atoms with Crippen LogP contribution in [-0.2, 0) is 5.41 Å². The fourth-order valence-corrected chi connectivity index (χ4v) is 6.16. The molecule has 0 radical (unpaired) electrons. The molecule has 184 valence electrons. The Balaban J connectivity index is 1.50. The van der Waals surface area contributed by atoms with Gasteiger partial charge >= 0.3 is 0 Å². The van der Waals surface area contributed by atoms with Crippen molar-refractivity contribution in [2.75, 3.05) is 0 Å². The first-order chi connectivity index (χ1) is 23.0. The van der Waals surface area contributed by atoms with E-state index in [2.05, 4.69) is 0 Å². The van der Waals surface area contributed by atoms with Crippen molar-refractivity contribution in [3.63, 3.8) is 0 Å². The molecule has 0 fully saturated rings. The van der Waals surface area contributed by atoms with Crippen LogP contribution in [0.15, 0.2) is 144 Å². The Hall–Kier alpha value is -4.59. The number of hydrogen-bond donors (Lipinski definition) is 0. The Morgan fingerprint density at radius 3 is 2.23 bits per heavy atom. The van der Waals surface area contributed by atoms with Crippen LogP contribution in [0.5, 0.6) is 0 Å². The predicted octanol–water partition coefficient (Wildman–Crippen LogP) is 10.3. The minimum absolute atomic E-state index is 0.0939. The molecule has 0 saturated heterocycles. The van der Waals surface area contributed by atoms with Crippen LogP contribution in [0.4, 0.5) is 0 Å². The largest absolute Gasteiger partial charge is 0.455 e. The molecule has 1 atom stereocenters. The third-order valence-electron chi connectivity index (χ3n) is 7.63. The summed E-state index contributed by atoms with van der Waals surface area (Å²) >= 11 is 6.60. The summed E-state index contributed by atoms with van der Waals surface area (Å²) in [5.41, 5.74) is 2.72. The van der Waals surface area contributed by atoms with Crippen molar-refractivity contribution in [3.8, 4) is 22.3 Å². The third-order valence-corrected chi connectivity index (χ3v) is 7.86. The van der Waals surface area contributed by atoms with Gasteiger partial charge in [0.15, 0.2) is 0 Å².